The average molecular weight is 128 g/mol. The molecule has 3 heteroatoms. The Morgan fingerprint density at radius 1 is 1.75 bits per heavy atom. The van der Waals surface area contributed by atoms with Gasteiger partial charge in [-0.3, -0.25) is 0 Å². The van der Waals surface area contributed by atoms with Crippen LogP contribution in [-0.4, -0.2) is 20.3 Å². The van der Waals surface area contributed by atoms with Crippen molar-refractivity contribution in [1.29, 1.82) is 0 Å². The molecule has 1 nitrogen and oxygen atoms in total. The summed E-state index contributed by atoms with van der Waals surface area (Å²) in [5.41, 5.74) is 0. The van der Waals surface area contributed by atoms with Crippen molar-refractivity contribution in [2.24, 2.45) is 0 Å². The van der Waals surface area contributed by atoms with Crippen molar-refractivity contribution in [3.63, 3.8) is 0 Å². The monoisotopic (exact) mass is 129 g/mol. The molecule has 0 heterocycles. The molecule has 4 heavy (non-hydrogen) atoms. The molecule has 0 saturated heterocycles. The second-order valence-electron chi connectivity index (χ2n) is 0.0913. The molecule has 0 aliphatic rings. The third kappa shape index (κ3) is 11.3. The molecule has 0 aromatic heterocycles. The second kappa shape index (κ2) is 8.93. The van der Waals surface area contributed by atoms with Crippen LogP contribution in [-0.2, 0) is 0 Å². The number of hydrogen-bond acceptors (Lipinski definition) is 0. The predicted molar refractivity (Wildman–Crippen MR) is 14.1 cm³/mol. The molecule has 0 atom stereocenters. The topological polar surface area (TPSA) is 22.3 Å². The van der Waals surface area contributed by atoms with E-state index in [2.05, 4.69) is 15.6 Å². The van der Waals surface area contributed by atoms with Gasteiger partial charge in [-0.15, -0.1) is 0 Å². The van der Waals surface area contributed by atoms with E-state index >= 15 is 0 Å². The SMILES string of the molecule is [N-]=C=[Se].[Na+]. The predicted octanol–water partition coefficient (Wildman–Crippen LogP) is -3.37. The van der Waals surface area contributed by atoms with E-state index in [1.54, 1.807) is 4.71 Å². The molecule has 0 aliphatic heterocycles. The van der Waals surface area contributed by atoms with Crippen molar-refractivity contribution in [3.8, 4) is 0 Å². The van der Waals surface area contributed by atoms with Crippen molar-refractivity contribution < 1.29 is 29.6 Å². The minimum absolute atomic E-state index is 0. The second-order valence-corrected chi connectivity index (χ2v) is 0.474. The van der Waals surface area contributed by atoms with Gasteiger partial charge in [0, 0.05) is 0 Å². The molecule has 0 amide bonds. The summed E-state index contributed by atoms with van der Waals surface area (Å²) in [5, 5.41) is 7.26. The van der Waals surface area contributed by atoms with E-state index in [9.17, 15) is 0 Å². The van der Waals surface area contributed by atoms with Gasteiger partial charge in [-0.05, 0) is 0 Å². The quantitative estimate of drug-likeness (QED) is 0.240. The van der Waals surface area contributed by atoms with Gasteiger partial charge in [0.05, 0.1) is 0 Å². The van der Waals surface area contributed by atoms with E-state index in [-0.39, 0.29) is 29.6 Å². The number of hydrogen-bond donors (Lipinski definition) is 0. The summed E-state index contributed by atoms with van der Waals surface area (Å²) >= 11 is 2.11. The van der Waals surface area contributed by atoms with Crippen molar-refractivity contribution in [2.45, 2.75) is 0 Å². The van der Waals surface area contributed by atoms with Gasteiger partial charge in [-0.2, -0.15) is 0 Å². The number of nitrogens with zero attached hydrogens (tertiary/aromatic N) is 1. The zero-order chi connectivity index (χ0) is 2.71. The first kappa shape index (κ1) is 8.92. The molecule has 0 aromatic carbocycles. The maximum Gasteiger partial charge on any atom is 1.00 e. The fourth-order valence-electron chi connectivity index (χ4n) is 0. The van der Waals surface area contributed by atoms with Crippen molar-refractivity contribution >= 4 is 20.3 Å². The average Bonchev–Trinajstić information content (AvgIpc) is 0.918. The van der Waals surface area contributed by atoms with Crippen LogP contribution in [0.3, 0.4) is 0 Å². The Bertz CT molecular complexity index is 29.0. The Labute approximate surface area is 54.9 Å². The third-order valence-corrected chi connectivity index (χ3v) is 0. The van der Waals surface area contributed by atoms with E-state index in [0.717, 1.165) is 0 Å². The van der Waals surface area contributed by atoms with Gasteiger partial charge < -0.3 is 0 Å². The fourth-order valence-corrected chi connectivity index (χ4v) is 0. The molecule has 0 radical (unpaired) electrons. The molecule has 0 bridgehead atoms. The zero-order valence-electron chi connectivity index (χ0n) is 2.36. The van der Waals surface area contributed by atoms with Crippen LogP contribution in [0.15, 0.2) is 0 Å². The fraction of sp³-hybridized carbons (Fsp3) is 0. The van der Waals surface area contributed by atoms with E-state index in [1.807, 2.05) is 0 Å². The van der Waals surface area contributed by atoms with Crippen molar-refractivity contribution in [2.75, 3.05) is 0 Å². The van der Waals surface area contributed by atoms with Gasteiger partial charge in [0.15, 0.2) is 0 Å². The van der Waals surface area contributed by atoms with E-state index in [4.69, 9.17) is 5.41 Å². The van der Waals surface area contributed by atoms with Crippen LogP contribution >= 0.6 is 0 Å². The third-order valence-electron chi connectivity index (χ3n) is 0. The van der Waals surface area contributed by atoms with E-state index in [0.29, 0.717) is 0 Å². The first-order valence-electron chi connectivity index (χ1n) is 0.428. The first-order chi connectivity index (χ1) is 1.41. The summed E-state index contributed by atoms with van der Waals surface area (Å²) in [6.45, 7) is 0. The summed E-state index contributed by atoms with van der Waals surface area (Å²) in [7, 11) is 0. The van der Waals surface area contributed by atoms with Gasteiger partial charge in [-0.25, -0.2) is 0 Å². The van der Waals surface area contributed by atoms with Gasteiger partial charge >= 0.3 is 55.3 Å². The van der Waals surface area contributed by atoms with E-state index < -0.39 is 0 Å². The molecule has 16 valence electrons. The van der Waals surface area contributed by atoms with Crippen LogP contribution in [0.25, 0.3) is 5.41 Å². The smallest absolute Gasteiger partial charge is 1.00 e. The minimum Gasteiger partial charge on any atom is 1.00 e. The molecule has 0 fully saturated rings. The molecule has 0 spiro atoms. The molecule has 0 rings (SSSR count). The van der Waals surface area contributed by atoms with Crippen LogP contribution in [0.1, 0.15) is 0 Å². The molecular weight excluding hydrogens is 128 g/mol. The van der Waals surface area contributed by atoms with Crippen LogP contribution in [0.5, 0.6) is 0 Å². The Morgan fingerprint density at radius 3 is 1.75 bits per heavy atom. The summed E-state index contributed by atoms with van der Waals surface area (Å²) in [6, 6.07) is 0. The molecule has 0 aromatic rings. The van der Waals surface area contributed by atoms with Gasteiger partial charge in [0.25, 0.3) is 0 Å². The summed E-state index contributed by atoms with van der Waals surface area (Å²) in [6.07, 6.45) is 0. The Morgan fingerprint density at radius 2 is 1.75 bits per heavy atom. The van der Waals surface area contributed by atoms with Crippen molar-refractivity contribution in [1.82, 2.24) is 0 Å². The van der Waals surface area contributed by atoms with Gasteiger partial charge in [-0.1, -0.05) is 0 Å². The largest absolute Gasteiger partial charge is 1.00 e. The molecular formula is CNNaSe. The maximum absolute atomic E-state index is 7.26. The molecule has 0 aliphatic carbocycles. The summed E-state index contributed by atoms with van der Waals surface area (Å²) < 4.78 is 1.62. The minimum atomic E-state index is 0. The van der Waals surface area contributed by atoms with Crippen LogP contribution in [0.2, 0.25) is 0 Å². The van der Waals surface area contributed by atoms with Gasteiger partial charge in [0.2, 0.25) is 0 Å². The zero-order valence-corrected chi connectivity index (χ0v) is 6.07. The Balaban J connectivity index is 0. The molecule has 0 saturated carbocycles. The van der Waals surface area contributed by atoms with Crippen LogP contribution in [0, 0.1) is 0 Å². The van der Waals surface area contributed by atoms with E-state index in [1.165, 1.54) is 0 Å². The number of rotatable bonds is 0. The van der Waals surface area contributed by atoms with Crippen LogP contribution < -0.4 is 29.6 Å². The standard InChI is InChI=1S/CNSe.Na/c2-1-3;/q-1;+1. The van der Waals surface area contributed by atoms with Gasteiger partial charge in [0.1, 0.15) is 0 Å². The first-order valence-corrected chi connectivity index (χ1v) is 1.28. The van der Waals surface area contributed by atoms with Crippen LogP contribution in [0.4, 0.5) is 0 Å². The summed E-state index contributed by atoms with van der Waals surface area (Å²) in [4.78, 5) is 0. The maximum atomic E-state index is 7.26. The summed E-state index contributed by atoms with van der Waals surface area (Å²) in [5.74, 6) is 0. The Hall–Kier alpha value is 1.10. The molecule has 0 unspecified atom stereocenters. The Kier molecular flexibility index (Phi) is 19.9. The van der Waals surface area contributed by atoms with Crippen molar-refractivity contribution in [3.05, 3.63) is 5.41 Å². The normalized spacial score (nSPS) is 2.00. The molecule has 0 N–H and O–H groups in total.